The lowest BCUT2D eigenvalue weighted by molar-refractivity contribution is 0.174. The molecular formula is C27H28O3. The van der Waals surface area contributed by atoms with Gasteiger partial charge < -0.3 is 14.2 Å². The van der Waals surface area contributed by atoms with Gasteiger partial charge in [-0.2, -0.15) is 0 Å². The van der Waals surface area contributed by atoms with Gasteiger partial charge in [0.15, 0.2) is 11.5 Å². The van der Waals surface area contributed by atoms with Gasteiger partial charge in [-0.15, -0.1) is 0 Å². The second kappa shape index (κ2) is 8.43. The fourth-order valence-electron chi connectivity index (χ4n) is 4.59. The van der Waals surface area contributed by atoms with Crippen LogP contribution in [-0.2, 0) is 19.4 Å². The summed E-state index contributed by atoms with van der Waals surface area (Å²) in [5.41, 5.74) is 6.44. The molecule has 1 aliphatic heterocycles. The molecule has 3 heteroatoms. The summed E-state index contributed by atoms with van der Waals surface area (Å²) in [5, 5.41) is 0. The Kier molecular flexibility index (Phi) is 5.35. The van der Waals surface area contributed by atoms with Gasteiger partial charge in [-0.25, -0.2) is 0 Å². The van der Waals surface area contributed by atoms with Crippen LogP contribution in [0, 0.1) is 5.92 Å². The summed E-state index contributed by atoms with van der Waals surface area (Å²) >= 11 is 0. The van der Waals surface area contributed by atoms with Crippen molar-refractivity contribution in [2.45, 2.75) is 45.6 Å². The number of aryl methyl sites for hydroxylation is 1. The fraction of sp³-hybridized carbons (Fsp3) is 0.333. The highest BCUT2D eigenvalue weighted by Gasteiger charge is 2.18. The molecule has 1 unspecified atom stereocenters. The zero-order valence-electron chi connectivity index (χ0n) is 17.5. The highest BCUT2D eigenvalue weighted by molar-refractivity contribution is 5.67. The Morgan fingerprint density at radius 2 is 1.70 bits per heavy atom. The van der Waals surface area contributed by atoms with E-state index in [0.717, 1.165) is 34.3 Å². The van der Waals surface area contributed by atoms with Gasteiger partial charge in [0.2, 0.25) is 6.79 Å². The molecule has 154 valence electrons. The number of ether oxygens (including phenoxy) is 3. The summed E-state index contributed by atoms with van der Waals surface area (Å²) in [6.07, 6.45) is 6.35. The number of hydrogen-bond donors (Lipinski definition) is 0. The lowest BCUT2D eigenvalue weighted by Crippen LogP contribution is -2.14. The van der Waals surface area contributed by atoms with E-state index < -0.39 is 0 Å². The molecule has 2 aliphatic rings. The summed E-state index contributed by atoms with van der Waals surface area (Å²) in [5.74, 6) is 3.46. The zero-order chi connectivity index (χ0) is 20.3. The Hall–Kier alpha value is -2.94. The first-order valence-electron chi connectivity index (χ1n) is 11.0. The maximum absolute atomic E-state index is 6.10. The molecule has 30 heavy (non-hydrogen) atoms. The molecular weight excluding hydrogens is 372 g/mol. The molecule has 0 radical (unpaired) electrons. The smallest absolute Gasteiger partial charge is 0.231 e. The monoisotopic (exact) mass is 400 g/mol. The molecule has 1 atom stereocenters. The van der Waals surface area contributed by atoms with Crippen LogP contribution in [0.25, 0.3) is 11.1 Å². The van der Waals surface area contributed by atoms with Crippen LogP contribution in [0.15, 0.2) is 60.7 Å². The highest BCUT2D eigenvalue weighted by atomic mass is 16.7. The minimum absolute atomic E-state index is 0.303. The van der Waals surface area contributed by atoms with Crippen molar-refractivity contribution < 1.29 is 14.2 Å². The van der Waals surface area contributed by atoms with E-state index in [0.29, 0.717) is 13.4 Å². The molecule has 0 aromatic heterocycles. The van der Waals surface area contributed by atoms with Crippen molar-refractivity contribution in [3.05, 3.63) is 77.4 Å². The van der Waals surface area contributed by atoms with Crippen molar-refractivity contribution in [2.24, 2.45) is 5.92 Å². The first-order chi connectivity index (χ1) is 14.8. The number of rotatable bonds is 6. The van der Waals surface area contributed by atoms with Crippen LogP contribution in [0.1, 0.15) is 42.9 Å². The van der Waals surface area contributed by atoms with Crippen LogP contribution in [-0.4, -0.2) is 6.79 Å². The Balaban J connectivity index is 1.22. The van der Waals surface area contributed by atoms with Crippen LogP contribution < -0.4 is 14.2 Å². The van der Waals surface area contributed by atoms with E-state index in [1.165, 1.54) is 48.8 Å². The summed E-state index contributed by atoms with van der Waals surface area (Å²) < 4.78 is 17.0. The number of hydrogen-bond acceptors (Lipinski definition) is 3. The first-order valence-corrected chi connectivity index (χ1v) is 11.0. The molecule has 0 bridgehead atoms. The predicted octanol–water partition coefficient (Wildman–Crippen LogP) is 6.57. The fourth-order valence-corrected chi connectivity index (χ4v) is 4.59. The molecule has 1 aliphatic carbocycles. The van der Waals surface area contributed by atoms with Crippen LogP contribution in [0.3, 0.4) is 0 Å². The molecule has 0 saturated heterocycles. The molecule has 0 N–H and O–H groups in total. The largest absolute Gasteiger partial charge is 0.489 e. The van der Waals surface area contributed by atoms with Crippen molar-refractivity contribution in [3.63, 3.8) is 0 Å². The van der Waals surface area contributed by atoms with Gasteiger partial charge in [-0.05, 0) is 77.3 Å². The summed E-state index contributed by atoms with van der Waals surface area (Å²) in [4.78, 5) is 0. The maximum Gasteiger partial charge on any atom is 0.231 e. The van der Waals surface area contributed by atoms with Crippen LogP contribution in [0.4, 0.5) is 0 Å². The topological polar surface area (TPSA) is 27.7 Å². The van der Waals surface area contributed by atoms with Crippen molar-refractivity contribution >= 4 is 0 Å². The van der Waals surface area contributed by atoms with Gasteiger partial charge >= 0.3 is 0 Å². The molecule has 0 saturated carbocycles. The molecule has 3 nitrogen and oxygen atoms in total. The second-order valence-corrected chi connectivity index (χ2v) is 8.38. The van der Waals surface area contributed by atoms with Gasteiger partial charge in [0, 0.05) is 0 Å². The predicted molar refractivity (Wildman–Crippen MR) is 119 cm³/mol. The second-order valence-electron chi connectivity index (χ2n) is 8.38. The van der Waals surface area contributed by atoms with E-state index in [2.05, 4.69) is 55.5 Å². The Morgan fingerprint density at radius 1 is 0.867 bits per heavy atom. The van der Waals surface area contributed by atoms with Gasteiger partial charge in [-0.3, -0.25) is 0 Å². The van der Waals surface area contributed by atoms with E-state index in [-0.39, 0.29) is 0 Å². The third-order valence-corrected chi connectivity index (χ3v) is 6.27. The van der Waals surface area contributed by atoms with Gasteiger partial charge in [-0.1, -0.05) is 56.2 Å². The van der Waals surface area contributed by atoms with Crippen molar-refractivity contribution in [1.29, 1.82) is 0 Å². The standard InChI is InChI=1S/C27H28O3/c1-2-3-19-4-9-23-15-25(12-10-22(23)14-19)28-17-20-5-7-21(8-6-20)24-11-13-26-27(16-24)30-18-29-26/h5-8,10-13,15-16,19H,2-4,9,14,17-18H2,1H3. The van der Waals surface area contributed by atoms with E-state index >= 15 is 0 Å². The SMILES string of the molecule is CCCC1CCc2cc(OCc3ccc(-c4ccc5c(c4)OCO5)cc3)ccc2C1. The van der Waals surface area contributed by atoms with E-state index in [1.807, 2.05) is 12.1 Å². The third kappa shape index (κ3) is 4.02. The summed E-state index contributed by atoms with van der Waals surface area (Å²) in [7, 11) is 0. The summed E-state index contributed by atoms with van der Waals surface area (Å²) in [6, 6.07) is 21.3. The van der Waals surface area contributed by atoms with E-state index in [1.54, 1.807) is 0 Å². The Labute approximate surface area is 178 Å². The van der Waals surface area contributed by atoms with Gasteiger partial charge in [0.1, 0.15) is 12.4 Å². The molecule has 5 rings (SSSR count). The van der Waals surface area contributed by atoms with Gasteiger partial charge in [0.25, 0.3) is 0 Å². The maximum atomic E-state index is 6.10. The lowest BCUT2D eigenvalue weighted by Gasteiger charge is -2.24. The lowest BCUT2D eigenvalue weighted by atomic mass is 9.82. The van der Waals surface area contributed by atoms with Crippen molar-refractivity contribution in [1.82, 2.24) is 0 Å². The molecule has 0 fully saturated rings. The quantitative estimate of drug-likeness (QED) is 0.468. The van der Waals surface area contributed by atoms with Crippen LogP contribution in [0.5, 0.6) is 17.2 Å². The highest BCUT2D eigenvalue weighted by Crippen LogP contribution is 2.36. The van der Waals surface area contributed by atoms with Crippen LogP contribution >= 0.6 is 0 Å². The average Bonchev–Trinajstić information content (AvgIpc) is 3.26. The summed E-state index contributed by atoms with van der Waals surface area (Å²) in [6.45, 7) is 3.17. The minimum atomic E-state index is 0.303. The van der Waals surface area contributed by atoms with E-state index in [9.17, 15) is 0 Å². The third-order valence-electron chi connectivity index (χ3n) is 6.27. The molecule has 1 heterocycles. The minimum Gasteiger partial charge on any atom is -0.489 e. The molecule has 0 amide bonds. The molecule has 0 spiro atoms. The number of benzene rings is 3. The van der Waals surface area contributed by atoms with Crippen molar-refractivity contribution in [2.75, 3.05) is 6.79 Å². The van der Waals surface area contributed by atoms with Gasteiger partial charge in [0.05, 0.1) is 0 Å². The average molecular weight is 401 g/mol. The van der Waals surface area contributed by atoms with E-state index in [4.69, 9.17) is 14.2 Å². The Bertz CT molecular complexity index is 1020. The molecule has 3 aromatic rings. The first kappa shape index (κ1) is 19.0. The number of fused-ring (bicyclic) bond motifs is 2. The molecule has 3 aromatic carbocycles. The van der Waals surface area contributed by atoms with Crippen molar-refractivity contribution in [3.8, 4) is 28.4 Å². The van der Waals surface area contributed by atoms with Crippen LogP contribution in [0.2, 0.25) is 0 Å². The normalized spacial score (nSPS) is 16.9. The zero-order valence-corrected chi connectivity index (χ0v) is 17.5. The Morgan fingerprint density at radius 3 is 2.57 bits per heavy atom.